The lowest BCUT2D eigenvalue weighted by Gasteiger charge is -2.11. The highest BCUT2D eigenvalue weighted by atomic mass is 19.4. The van der Waals surface area contributed by atoms with Gasteiger partial charge in [0, 0.05) is 0 Å². The molecule has 0 fully saturated rings. The Bertz CT molecular complexity index is 160. The Balaban J connectivity index is 4.01. The Labute approximate surface area is 69.3 Å². The van der Waals surface area contributed by atoms with Crippen molar-refractivity contribution in [3.63, 3.8) is 0 Å². The average Bonchev–Trinajstić information content (AvgIpc) is 1.95. The molecule has 0 aliphatic heterocycles. The van der Waals surface area contributed by atoms with Crippen LogP contribution in [0.3, 0.4) is 0 Å². The van der Waals surface area contributed by atoms with E-state index < -0.39 is 12.1 Å². The SMILES string of the molecule is CC/C=C\CC(C=O)C(F)(F)F. The van der Waals surface area contributed by atoms with Crippen LogP contribution in [-0.2, 0) is 4.79 Å². The smallest absolute Gasteiger partial charge is 0.303 e. The minimum Gasteiger partial charge on any atom is -0.303 e. The maximum atomic E-state index is 11.9. The summed E-state index contributed by atoms with van der Waals surface area (Å²) in [5, 5.41) is 0. The number of carbonyl (C=O) groups excluding carboxylic acids is 1. The molecule has 1 unspecified atom stereocenters. The number of hydrogen-bond acceptors (Lipinski definition) is 1. The van der Waals surface area contributed by atoms with Crippen molar-refractivity contribution < 1.29 is 18.0 Å². The lowest BCUT2D eigenvalue weighted by atomic mass is 10.1. The van der Waals surface area contributed by atoms with Crippen LogP contribution in [0.1, 0.15) is 19.8 Å². The summed E-state index contributed by atoms with van der Waals surface area (Å²) in [7, 11) is 0. The fourth-order valence-electron chi connectivity index (χ4n) is 0.676. The first kappa shape index (κ1) is 11.2. The molecule has 0 radical (unpaired) electrons. The van der Waals surface area contributed by atoms with Gasteiger partial charge < -0.3 is 4.79 Å². The summed E-state index contributed by atoms with van der Waals surface area (Å²) in [6, 6.07) is 0. The van der Waals surface area contributed by atoms with Gasteiger partial charge in [0.2, 0.25) is 0 Å². The molecule has 0 aromatic heterocycles. The van der Waals surface area contributed by atoms with E-state index in [1.54, 1.807) is 6.08 Å². The molecule has 0 heterocycles. The lowest BCUT2D eigenvalue weighted by molar-refractivity contribution is -0.173. The van der Waals surface area contributed by atoms with E-state index in [0.29, 0.717) is 6.42 Å². The van der Waals surface area contributed by atoms with Crippen LogP contribution < -0.4 is 0 Å². The van der Waals surface area contributed by atoms with Crippen LogP contribution in [0, 0.1) is 5.92 Å². The molecule has 12 heavy (non-hydrogen) atoms. The fourth-order valence-corrected chi connectivity index (χ4v) is 0.676. The van der Waals surface area contributed by atoms with Gasteiger partial charge in [0.25, 0.3) is 0 Å². The summed E-state index contributed by atoms with van der Waals surface area (Å²) in [6.07, 6.45) is -1.03. The Kier molecular flexibility index (Phi) is 4.62. The second-order valence-electron chi connectivity index (χ2n) is 2.40. The normalized spacial score (nSPS) is 15.0. The number of halogens is 3. The molecule has 0 aliphatic carbocycles. The maximum Gasteiger partial charge on any atom is 0.398 e. The molecule has 0 bridgehead atoms. The minimum absolute atomic E-state index is 0.0556. The second kappa shape index (κ2) is 4.95. The van der Waals surface area contributed by atoms with E-state index in [2.05, 4.69) is 0 Å². The summed E-state index contributed by atoms with van der Waals surface area (Å²) in [6.45, 7) is 1.82. The monoisotopic (exact) mass is 180 g/mol. The number of allylic oxidation sites excluding steroid dienone is 2. The van der Waals surface area contributed by atoms with Crippen molar-refractivity contribution in [1.82, 2.24) is 0 Å². The molecule has 0 aromatic rings. The van der Waals surface area contributed by atoms with Crippen LogP contribution in [0.15, 0.2) is 12.2 Å². The van der Waals surface area contributed by atoms with Gasteiger partial charge in [-0.2, -0.15) is 13.2 Å². The Morgan fingerprint density at radius 3 is 2.25 bits per heavy atom. The largest absolute Gasteiger partial charge is 0.398 e. The van der Waals surface area contributed by atoms with Crippen LogP contribution in [0.25, 0.3) is 0 Å². The van der Waals surface area contributed by atoms with E-state index in [1.165, 1.54) is 6.08 Å². The molecule has 0 rings (SSSR count). The Morgan fingerprint density at radius 1 is 1.33 bits per heavy atom. The molecule has 0 aliphatic rings. The van der Waals surface area contributed by atoms with Crippen LogP contribution in [-0.4, -0.2) is 12.5 Å². The number of rotatable bonds is 4. The van der Waals surface area contributed by atoms with Crippen molar-refractivity contribution in [2.45, 2.75) is 25.9 Å². The minimum atomic E-state index is -4.40. The zero-order valence-corrected chi connectivity index (χ0v) is 6.77. The third kappa shape index (κ3) is 4.16. The summed E-state index contributed by atoms with van der Waals surface area (Å²) in [5.41, 5.74) is 0. The quantitative estimate of drug-likeness (QED) is 0.480. The van der Waals surface area contributed by atoms with Crippen molar-refractivity contribution in [2.24, 2.45) is 5.92 Å². The van der Waals surface area contributed by atoms with E-state index in [0.717, 1.165) is 0 Å². The molecule has 1 nitrogen and oxygen atoms in total. The van der Waals surface area contributed by atoms with E-state index in [-0.39, 0.29) is 12.7 Å². The van der Waals surface area contributed by atoms with Crippen molar-refractivity contribution in [2.75, 3.05) is 0 Å². The van der Waals surface area contributed by atoms with E-state index in [9.17, 15) is 18.0 Å². The summed E-state index contributed by atoms with van der Waals surface area (Å²) in [5.74, 6) is -1.85. The number of alkyl halides is 3. The second-order valence-corrected chi connectivity index (χ2v) is 2.40. The molecule has 0 amide bonds. The van der Waals surface area contributed by atoms with E-state index in [4.69, 9.17) is 0 Å². The van der Waals surface area contributed by atoms with Crippen LogP contribution in [0.2, 0.25) is 0 Å². The van der Waals surface area contributed by atoms with Gasteiger partial charge in [-0.15, -0.1) is 0 Å². The third-order valence-corrected chi connectivity index (χ3v) is 1.38. The third-order valence-electron chi connectivity index (χ3n) is 1.38. The summed E-state index contributed by atoms with van der Waals surface area (Å²) >= 11 is 0. The van der Waals surface area contributed by atoms with Crippen molar-refractivity contribution in [3.05, 3.63) is 12.2 Å². The highest BCUT2D eigenvalue weighted by molar-refractivity contribution is 5.55. The van der Waals surface area contributed by atoms with Crippen LogP contribution in [0.4, 0.5) is 13.2 Å². The average molecular weight is 180 g/mol. The number of aldehydes is 1. The van der Waals surface area contributed by atoms with Gasteiger partial charge in [-0.3, -0.25) is 0 Å². The molecule has 0 spiro atoms. The molecule has 0 N–H and O–H groups in total. The van der Waals surface area contributed by atoms with Gasteiger partial charge in [-0.1, -0.05) is 19.1 Å². The summed E-state index contributed by atoms with van der Waals surface area (Å²) in [4.78, 5) is 9.99. The molecule has 70 valence electrons. The van der Waals surface area contributed by atoms with Crippen LogP contribution in [0.5, 0.6) is 0 Å². The topological polar surface area (TPSA) is 17.1 Å². The van der Waals surface area contributed by atoms with Crippen molar-refractivity contribution in [1.29, 1.82) is 0 Å². The molecule has 0 saturated carbocycles. The van der Waals surface area contributed by atoms with E-state index in [1.807, 2.05) is 6.92 Å². The Morgan fingerprint density at radius 2 is 1.92 bits per heavy atom. The lowest BCUT2D eigenvalue weighted by Crippen LogP contribution is -2.23. The molecule has 1 atom stereocenters. The standard InChI is InChI=1S/C8H11F3O/c1-2-3-4-5-7(6-12)8(9,10)11/h3-4,6-7H,2,5H2,1H3/b4-3-. The van der Waals surface area contributed by atoms with Crippen molar-refractivity contribution >= 4 is 6.29 Å². The zero-order chi connectivity index (χ0) is 9.61. The van der Waals surface area contributed by atoms with Gasteiger partial charge in [-0.05, 0) is 12.8 Å². The molecule has 4 heteroatoms. The zero-order valence-electron chi connectivity index (χ0n) is 6.77. The van der Waals surface area contributed by atoms with Crippen molar-refractivity contribution in [3.8, 4) is 0 Å². The maximum absolute atomic E-state index is 11.9. The fraction of sp³-hybridized carbons (Fsp3) is 0.625. The van der Waals surface area contributed by atoms with E-state index >= 15 is 0 Å². The first-order chi connectivity index (χ1) is 5.52. The number of carbonyl (C=O) groups is 1. The van der Waals surface area contributed by atoms with Crippen LogP contribution >= 0.6 is 0 Å². The summed E-state index contributed by atoms with van der Waals surface area (Å²) < 4.78 is 35.6. The van der Waals surface area contributed by atoms with Gasteiger partial charge >= 0.3 is 6.18 Å². The Hall–Kier alpha value is -0.800. The number of hydrogen-bond donors (Lipinski definition) is 0. The molecule has 0 saturated heterocycles. The predicted octanol–water partition coefficient (Wildman–Crippen LogP) is 2.72. The van der Waals surface area contributed by atoms with Gasteiger partial charge in [0.15, 0.2) is 0 Å². The predicted molar refractivity (Wildman–Crippen MR) is 39.7 cm³/mol. The first-order valence-corrected chi connectivity index (χ1v) is 3.69. The highest BCUT2D eigenvalue weighted by Crippen LogP contribution is 2.27. The molecule has 0 aromatic carbocycles. The van der Waals surface area contributed by atoms with Gasteiger partial charge in [0.1, 0.15) is 12.2 Å². The molecular weight excluding hydrogens is 169 g/mol. The first-order valence-electron chi connectivity index (χ1n) is 3.69. The highest BCUT2D eigenvalue weighted by Gasteiger charge is 2.38. The molecular formula is C8H11F3O. The van der Waals surface area contributed by atoms with Gasteiger partial charge in [-0.25, -0.2) is 0 Å². The van der Waals surface area contributed by atoms with Gasteiger partial charge in [0.05, 0.1) is 0 Å².